The van der Waals surface area contributed by atoms with Gasteiger partial charge in [0.15, 0.2) is 0 Å². The van der Waals surface area contributed by atoms with Crippen molar-refractivity contribution in [1.82, 2.24) is 5.32 Å². The second kappa shape index (κ2) is 4.93. The summed E-state index contributed by atoms with van der Waals surface area (Å²) in [5, 5.41) is 6.17. The number of nitrogens with one attached hydrogen (secondary N) is 2. The first kappa shape index (κ1) is 12.6. The molecule has 0 radical (unpaired) electrons. The average molecular weight is 262 g/mol. The molecule has 1 amide bonds. The molecule has 1 saturated carbocycles. The van der Waals surface area contributed by atoms with E-state index in [1.165, 1.54) is 25.0 Å². The van der Waals surface area contributed by atoms with Crippen LogP contribution in [-0.4, -0.2) is 18.5 Å². The van der Waals surface area contributed by atoms with Gasteiger partial charge in [-0.2, -0.15) is 0 Å². The molecule has 1 aliphatic heterocycles. The van der Waals surface area contributed by atoms with E-state index in [0.717, 1.165) is 18.5 Å². The van der Waals surface area contributed by atoms with Gasteiger partial charge >= 0.3 is 0 Å². The van der Waals surface area contributed by atoms with Crippen LogP contribution in [0.5, 0.6) is 0 Å². The summed E-state index contributed by atoms with van der Waals surface area (Å²) in [4.78, 5) is 12.3. The van der Waals surface area contributed by atoms with Gasteiger partial charge < -0.3 is 10.6 Å². The summed E-state index contributed by atoms with van der Waals surface area (Å²) in [5.41, 5.74) is 1.46. The van der Waals surface area contributed by atoms with Crippen LogP contribution in [-0.2, 0) is 4.79 Å². The lowest BCUT2D eigenvalue weighted by Gasteiger charge is -2.18. The minimum absolute atomic E-state index is 0.0249. The van der Waals surface area contributed by atoms with Gasteiger partial charge in [-0.05, 0) is 55.8 Å². The molecule has 2 aliphatic rings. The summed E-state index contributed by atoms with van der Waals surface area (Å²) in [6.07, 6.45) is 3.57. The molecule has 3 atom stereocenters. The molecule has 2 fully saturated rings. The van der Waals surface area contributed by atoms with Crippen molar-refractivity contribution in [2.24, 2.45) is 11.8 Å². The lowest BCUT2D eigenvalue weighted by molar-refractivity contribution is -0.118. The largest absolute Gasteiger partial charge is 0.324 e. The van der Waals surface area contributed by atoms with E-state index in [2.05, 4.69) is 10.6 Å². The van der Waals surface area contributed by atoms with Gasteiger partial charge in [0, 0.05) is 5.69 Å². The lowest BCUT2D eigenvalue weighted by Crippen LogP contribution is -2.39. The number of hydrogen-bond donors (Lipinski definition) is 2. The van der Waals surface area contributed by atoms with Crippen molar-refractivity contribution in [1.29, 1.82) is 0 Å². The first-order valence-corrected chi connectivity index (χ1v) is 6.95. The van der Waals surface area contributed by atoms with E-state index in [1.807, 2.05) is 6.92 Å². The number of amides is 1. The van der Waals surface area contributed by atoms with Gasteiger partial charge in [-0.25, -0.2) is 4.39 Å². The molecule has 2 N–H and O–H groups in total. The molecule has 19 heavy (non-hydrogen) atoms. The predicted octanol–water partition coefficient (Wildman–Crippen LogP) is 2.46. The number of carbonyl (C=O) groups is 1. The van der Waals surface area contributed by atoms with Crippen LogP contribution in [0.1, 0.15) is 24.8 Å². The van der Waals surface area contributed by atoms with E-state index in [1.54, 1.807) is 6.07 Å². The number of carbonyl (C=O) groups excluding carboxylic acids is 1. The standard InChI is InChI=1S/C15H19FN2O/c1-9-5-6-11(16)7-13(9)18-15(19)14-12-4-2-3-10(12)8-17-14/h5-7,10,12,14,17H,2-4,8H2,1H3,(H,18,19). The van der Waals surface area contributed by atoms with E-state index in [4.69, 9.17) is 0 Å². The molecule has 1 aromatic rings. The summed E-state index contributed by atoms with van der Waals surface area (Å²) in [6, 6.07) is 4.36. The number of halogens is 1. The Morgan fingerprint density at radius 2 is 2.26 bits per heavy atom. The Balaban J connectivity index is 1.73. The Kier molecular flexibility index (Phi) is 3.27. The number of benzene rings is 1. The van der Waals surface area contributed by atoms with Gasteiger partial charge in [0.05, 0.1) is 6.04 Å². The predicted molar refractivity (Wildman–Crippen MR) is 72.4 cm³/mol. The van der Waals surface area contributed by atoms with Crippen molar-refractivity contribution in [3.05, 3.63) is 29.6 Å². The number of anilines is 1. The van der Waals surface area contributed by atoms with Gasteiger partial charge in [-0.15, -0.1) is 0 Å². The van der Waals surface area contributed by atoms with Crippen molar-refractivity contribution >= 4 is 11.6 Å². The summed E-state index contributed by atoms with van der Waals surface area (Å²) in [5.74, 6) is 0.750. The van der Waals surface area contributed by atoms with E-state index < -0.39 is 0 Å². The normalized spacial score (nSPS) is 29.3. The quantitative estimate of drug-likeness (QED) is 0.859. The third-order valence-electron chi connectivity index (χ3n) is 4.49. The Hall–Kier alpha value is -1.42. The van der Waals surface area contributed by atoms with Crippen molar-refractivity contribution in [3.8, 4) is 0 Å². The summed E-state index contributed by atoms with van der Waals surface area (Å²) in [6.45, 7) is 2.81. The van der Waals surface area contributed by atoms with Crippen molar-refractivity contribution in [2.75, 3.05) is 11.9 Å². The Labute approximate surface area is 112 Å². The maximum Gasteiger partial charge on any atom is 0.241 e. The van der Waals surface area contributed by atoms with Crippen LogP contribution in [0, 0.1) is 24.6 Å². The van der Waals surface area contributed by atoms with Gasteiger partial charge in [0.25, 0.3) is 0 Å². The number of hydrogen-bond acceptors (Lipinski definition) is 2. The van der Waals surface area contributed by atoms with Crippen LogP contribution >= 0.6 is 0 Å². The second-order valence-corrected chi connectivity index (χ2v) is 5.69. The second-order valence-electron chi connectivity index (χ2n) is 5.69. The van der Waals surface area contributed by atoms with Crippen LogP contribution in [0.3, 0.4) is 0 Å². The van der Waals surface area contributed by atoms with E-state index in [-0.39, 0.29) is 17.8 Å². The molecule has 0 spiro atoms. The van der Waals surface area contributed by atoms with Gasteiger partial charge in [-0.3, -0.25) is 4.79 Å². The zero-order valence-corrected chi connectivity index (χ0v) is 11.1. The molecule has 1 aromatic carbocycles. The van der Waals surface area contributed by atoms with Crippen LogP contribution in [0.15, 0.2) is 18.2 Å². The molecule has 4 heteroatoms. The summed E-state index contributed by atoms with van der Waals surface area (Å²) < 4.78 is 13.2. The van der Waals surface area contributed by atoms with E-state index >= 15 is 0 Å². The SMILES string of the molecule is Cc1ccc(F)cc1NC(=O)C1NCC2CCCC21. The minimum atomic E-state index is -0.320. The fourth-order valence-electron chi connectivity index (χ4n) is 3.41. The van der Waals surface area contributed by atoms with Crippen molar-refractivity contribution in [3.63, 3.8) is 0 Å². The van der Waals surface area contributed by atoms with Crippen molar-refractivity contribution < 1.29 is 9.18 Å². The molecule has 3 nitrogen and oxygen atoms in total. The molecule has 1 saturated heterocycles. The molecule has 0 aromatic heterocycles. The van der Waals surface area contributed by atoms with Gasteiger partial charge in [0.2, 0.25) is 5.91 Å². The van der Waals surface area contributed by atoms with Crippen LogP contribution in [0.4, 0.5) is 10.1 Å². The Bertz CT molecular complexity index is 503. The van der Waals surface area contributed by atoms with Crippen LogP contribution in [0.2, 0.25) is 0 Å². The number of fused-ring (bicyclic) bond motifs is 1. The summed E-state index contributed by atoms with van der Waals surface area (Å²) >= 11 is 0. The minimum Gasteiger partial charge on any atom is -0.324 e. The number of aryl methyl sites for hydroxylation is 1. The smallest absolute Gasteiger partial charge is 0.241 e. The first-order valence-electron chi connectivity index (χ1n) is 6.95. The van der Waals surface area contributed by atoms with Crippen molar-refractivity contribution in [2.45, 2.75) is 32.2 Å². The van der Waals surface area contributed by atoms with Gasteiger partial charge in [-0.1, -0.05) is 12.5 Å². The third kappa shape index (κ3) is 2.37. The molecular formula is C15H19FN2O. The van der Waals surface area contributed by atoms with Gasteiger partial charge in [0.1, 0.15) is 5.82 Å². The fraction of sp³-hybridized carbons (Fsp3) is 0.533. The Morgan fingerprint density at radius 3 is 3.11 bits per heavy atom. The topological polar surface area (TPSA) is 41.1 Å². The molecule has 3 rings (SSSR count). The molecular weight excluding hydrogens is 243 g/mol. The average Bonchev–Trinajstić information content (AvgIpc) is 2.95. The maximum atomic E-state index is 13.2. The number of rotatable bonds is 2. The third-order valence-corrected chi connectivity index (χ3v) is 4.49. The molecule has 3 unspecified atom stereocenters. The van der Waals surface area contributed by atoms with E-state index in [0.29, 0.717) is 17.5 Å². The monoisotopic (exact) mass is 262 g/mol. The highest BCUT2D eigenvalue weighted by molar-refractivity contribution is 5.96. The molecule has 1 heterocycles. The fourth-order valence-corrected chi connectivity index (χ4v) is 3.41. The molecule has 0 bridgehead atoms. The van der Waals surface area contributed by atoms with Crippen LogP contribution < -0.4 is 10.6 Å². The first-order chi connectivity index (χ1) is 9.15. The highest BCUT2D eigenvalue weighted by atomic mass is 19.1. The van der Waals surface area contributed by atoms with Crippen LogP contribution in [0.25, 0.3) is 0 Å². The maximum absolute atomic E-state index is 13.2. The molecule has 1 aliphatic carbocycles. The zero-order valence-electron chi connectivity index (χ0n) is 11.1. The highest BCUT2D eigenvalue weighted by Gasteiger charge is 2.42. The Morgan fingerprint density at radius 1 is 1.42 bits per heavy atom. The van der Waals surface area contributed by atoms with E-state index in [9.17, 15) is 9.18 Å². The summed E-state index contributed by atoms with van der Waals surface area (Å²) in [7, 11) is 0. The lowest BCUT2D eigenvalue weighted by atomic mass is 9.93. The zero-order chi connectivity index (χ0) is 13.4. The highest BCUT2D eigenvalue weighted by Crippen LogP contribution is 2.38. The molecule has 102 valence electrons.